The van der Waals surface area contributed by atoms with Crippen LogP contribution in [0.4, 0.5) is 0 Å². The molecule has 1 aliphatic carbocycles. The maximum Gasteiger partial charge on any atom is 0.267 e. The van der Waals surface area contributed by atoms with E-state index in [1.165, 1.54) is 43.1 Å². The average molecular weight is 435 g/mol. The van der Waals surface area contributed by atoms with Crippen LogP contribution < -0.4 is 21.8 Å². The lowest BCUT2D eigenvalue weighted by molar-refractivity contribution is -0.130. The first-order chi connectivity index (χ1) is 15.6. The molecule has 0 aromatic heterocycles. The number of benzene rings is 2. The molecule has 0 aliphatic heterocycles. The molecule has 32 heavy (non-hydrogen) atoms. The predicted octanol–water partition coefficient (Wildman–Crippen LogP) is 2.07. The van der Waals surface area contributed by atoms with Gasteiger partial charge in [0, 0.05) is 35.8 Å². The van der Waals surface area contributed by atoms with Crippen molar-refractivity contribution in [2.24, 2.45) is 5.73 Å². The number of hydrogen-bond acceptors (Lipinski definition) is 5. The van der Waals surface area contributed by atoms with Gasteiger partial charge < -0.3 is 16.4 Å². The molecule has 1 atom stereocenters. The lowest BCUT2D eigenvalue weighted by atomic mass is 9.95. The molecule has 2 aromatic rings. The zero-order chi connectivity index (χ0) is 22.8. The van der Waals surface area contributed by atoms with Crippen LogP contribution in [0.25, 0.3) is 0 Å². The number of amides is 2. The van der Waals surface area contributed by atoms with Crippen LogP contribution in [0.3, 0.4) is 0 Å². The van der Waals surface area contributed by atoms with Crippen LogP contribution in [-0.2, 0) is 11.3 Å². The van der Waals surface area contributed by atoms with Crippen molar-refractivity contribution < 1.29 is 14.8 Å². The van der Waals surface area contributed by atoms with Crippen molar-refractivity contribution >= 4 is 11.8 Å². The van der Waals surface area contributed by atoms with Crippen LogP contribution in [0.2, 0.25) is 0 Å². The molecule has 0 unspecified atom stereocenters. The third kappa shape index (κ3) is 6.92. The van der Waals surface area contributed by atoms with Gasteiger partial charge >= 0.3 is 0 Å². The fraction of sp³-hybridized carbons (Fsp3) is 0.360. The van der Waals surface area contributed by atoms with Gasteiger partial charge in [-0.15, -0.1) is 0 Å². The molecular formula is C25H30N4O3. The Balaban J connectivity index is 1.53. The molecular weight excluding hydrogens is 404 g/mol. The first kappa shape index (κ1) is 23.5. The van der Waals surface area contributed by atoms with E-state index in [0.29, 0.717) is 11.6 Å². The van der Waals surface area contributed by atoms with Crippen LogP contribution in [0.1, 0.15) is 59.2 Å². The lowest BCUT2D eigenvalue weighted by Crippen LogP contribution is -2.50. The Morgan fingerprint density at radius 1 is 0.969 bits per heavy atom. The molecule has 0 bridgehead atoms. The van der Waals surface area contributed by atoms with Crippen molar-refractivity contribution in [3.63, 3.8) is 0 Å². The second kappa shape index (κ2) is 12.0. The van der Waals surface area contributed by atoms with Gasteiger partial charge in [0.1, 0.15) is 6.04 Å². The summed E-state index contributed by atoms with van der Waals surface area (Å²) in [5.74, 6) is 5.01. The van der Waals surface area contributed by atoms with Gasteiger partial charge in [-0.25, -0.2) is 5.48 Å². The van der Waals surface area contributed by atoms with E-state index < -0.39 is 17.9 Å². The van der Waals surface area contributed by atoms with Gasteiger partial charge in [0.05, 0.1) is 0 Å². The summed E-state index contributed by atoms with van der Waals surface area (Å²) >= 11 is 0. The Hall–Kier alpha value is -3.18. The van der Waals surface area contributed by atoms with E-state index >= 15 is 0 Å². The van der Waals surface area contributed by atoms with Gasteiger partial charge in [-0.3, -0.25) is 14.8 Å². The van der Waals surface area contributed by atoms with Crippen molar-refractivity contribution in [1.29, 1.82) is 0 Å². The van der Waals surface area contributed by atoms with Gasteiger partial charge in [-0.05, 0) is 54.8 Å². The fourth-order valence-electron chi connectivity index (χ4n) is 3.68. The van der Waals surface area contributed by atoms with E-state index in [4.69, 9.17) is 10.9 Å². The third-order valence-electron chi connectivity index (χ3n) is 5.62. The predicted molar refractivity (Wildman–Crippen MR) is 123 cm³/mol. The summed E-state index contributed by atoms with van der Waals surface area (Å²) in [6.45, 7) is 0.754. The standard InChI is InChI=1S/C25H30N4O3/c26-16-23(25(31)29-32)28-24(30)21-14-12-19(13-15-21)7-6-18-8-10-20(11-9-18)17-27-22-4-2-1-3-5-22/h8-15,22-23,27,32H,1-5,16-17,26H2,(H,28,30)(H,29,31)/t23-/m0/s1. The van der Waals surface area contributed by atoms with E-state index in [0.717, 1.165) is 17.7 Å². The number of carbonyl (C=O) groups is 2. The number of hydrogen-bond donors (Lipinski definition) is 5. The minimum atomic E-state index is -1.01. The van der Waals surface area contributed by atoms with E-state index in [-0.39, 0.29) is 6.54 Å². The van der Waals surface area contributed by atoms with Crippen LogP contribution in [0.15, 0.2) is 48.5 Å². The Morgan fingerprint density at radius 3 is 2.12 bits per heavy atom. The summed E-state index contributed by atoms with van der Waals surface area (Å²) in [4.78, 5) is 23.7. The molecule has 2 aromatic carbocycles. The van der Waals surface area contributed by atoms with Gasteiger partial charge in [-0.1, -0.05) is 43.2 Å². The molecule has 0 radical (unpaired) electrons. The highest BCUT2D eigenvalue weighted by Crippen LogP contribution is 2.18. The summed E-state index contributed by atoms with van der Waals surface area (Å²) in [6, 6.07) is 14.6. The van der Waals surface area contributed by atoms with Gasteiger partial charge in [0.15, 0.2) is 0 Å². The smallest absolute Gasteiger partial charge is 0.267 e. The molecule has 6 N–H and O–H groups in total. The lowest BCUT2D eigenvalue weighted by Gasteiger charge is -2.22. The van der Waals surface area contributed by atoms with Crippen molar-refractivity contribution in [1.82, 2.24) is 16.1 Å². The highest BCUT2D eigenvalue weighted by Gasteiger charge is 2.19. The van der Waals surface area contributed by atoms with E-state index in [2.05, 4.69) is 34.6 Å². The van der Waals surface area contributed by atoms with Gasteiger partial charge in [0.2, 0.25) is 0 Å². The second-order valence-electron chi connectivity index (χ2n) is 7.98. The van der Waals surface area contributed by atoms with Crippen LogP contribution in [-0.4, -0.2) is 35.7 Å². The summed E-state index contributed by atoms with van der Waals surface area (Å²) in [5.41, 5.74) is 10.2. The topological polar surface area (TPSA) is 116 Å². The van der Waals surface area contributed by atoms with Gasteiger partial charge in [-0.2, -0.15) is 0 Å². The summed E-state index contributed by atoms with van der Waals surface area (Å²) in [7, 11) is 0. The second-order valence-corrected chi connectivity index (χ2v) is 7.98. The minimum Gasteiger partial charge on any atom is -0.339 e. The van der Waals surface area contributed by atoms with Crippen molar-refractivity contribution in [2.45, 2.75) is 50.7 Å². The Morgan fingerprint density at radius 2 is 1.56 bits per heavy atom. The van der Waals surface area contributed by atoms with Crippen LogP contribution >= 0.6 is 0 Å². The molecule has 0 saturated heterocycles. The monoisotopic (exact) mass is 434 g/mol. The minimum absolute atomic E-state index is 0.128. The van der Waals surface area contributed by atoms with E-state index in [1.54, 1.807) is 24.3 Å². The SMILES string of the molecule is NC[C@H](NC(=O)c1ccc(C#Cc2ccc(CNC3CCCCC3)cc2)cc1)C(=O)NO. The highest BCUT2D eigenvalue weighted by molar-refractivity contribution is 5.97. The summed E-state index contributed by atoms with van der Waals surface area (Å²) < 4.78 is 0. The molecule has 3 rings (SSSR count). The molecule has 1 saturated carbocycles. The molecule has 1 fully saturated rings. The average Bonchev–Trinajstić information content (AvgIpc) is 2.85. The molecule has 1 aliphatic rings. The molecule has 7 heteroatoms. The maximum absolute atomic E-state index is 12.2. The molecule has 0 spiro atoms. The van der Waals surface area contributed by atoms with Gasteiger partial charge in [0.25, 0.3) is 11.8 Å². The third-order valence-corrected chi connectivity index (χ3v) is 5.62. The number of carbonyl (C=O) groups excluding carboxylic acids is 2. The van der Waals surface area contributed by atoms with Crippen molar-refractivity contribution in [3.8, 4) is 11.8 Å². The number of rotatable bonds is 7. The van der Waals surface area contributed by atoms with Crippen molar-refractivity contribution in [3.05, 3.63) is 70.8 Å². The zero-order valence-corrected chi connectivity index (χ0v) is 18.1. The van der Waals surface area contributed by atoms with Crippen molar-refractivity contribution in [2.75, 3.05) is 6.54 Å². The Labute approximate surface area is 188 Å². The fourth-order valence-corrected chi connectivity index (χ4v) is 3.68. The quantitative estimate of drug-likeness (QED) is 0.260. The largest absolute Gasteiger partial charge is 0.339 e. The molecule has 2 amide bonds. The normalized spacial score (nSPS) is 14.7. The van der Waals surface area contributed by atoms with Crippen LogP contribution in [0, 0.1) is 11.8 Å². The summed E-state index contributed by atoms with van der Waals surface area (Å²) in [5, 5.41) is 14.8. The van der Waals surface area contributed by atoms with E-state index in [9.17, 15) is 9.59 Å². The molecule has 168 valence electrons. The molecule has 7 nitrogen and oxygen atoms in total. The Bertz CT molecular complexity index is 955. The van der Waals surface area contributed by atoms with E-state index in [1.807, 2.05) is 12.1 Å². The summed E-state index contributed by atoms with van der Waals surface area (Å²) in [6.07, 6.45) is 6.56. The Kier molecular flexibility index (Phi) is 8.81. The molecule has 0 heterocycles. The van der Waals surface area contributed by atoms with Crippen LogP contribution in [0.5, 0.6) is 0 Å². The maximum atomic E-state index is 12.2. The zero-order valence-electron chi connectivity index (χ0n) is 18.1. The number of hydroxylamine groups is 1. The number of nitrogens with one attached hydrogen (secondary N) is 3. The highest BCUT2D eigenvalue weighted by atomic mass is 16.5. The number of nitrogens with two attached hydrogens (primary N) is 1. The first-order valence-corrected chi connectivity index (χ1v) is 11.0. The first-order valence-electron chi connectivity index (χ1n) is 11.0.